The molecule has 1 heterocycles. The fourth-order valence-corrected chi connectivity index (χ4v) is 2.27. The van der Waals surface area contributed by atoms with Crippen LogP contribution in [-0.2, 0) is 5.79 Å². The van der Waals surface area contributed by atoms with Crippen molar-refractivity contribution in [3.05, 3.63) is 65.7 Å². The van der Waals surface area contributed by atoms with Gasteiger partial charge in [-0.15, -0.1) is 0 Å². The van der Waals surface area contributed by atoms with E-state index in [1.54, 1.807) is 6.08 Å². The van der Waals surface area contributed by atoms with Gasteiger partial charge in [-0.1, -0.05) is 30.3 Å². The second-order valence-electron chi connectivity index (χ2n) is 5.11. The summed E-state index contributed by atoms with van der Waals surface area (Å²) in [5.74, 6) is -0.715. The average molecular weight is 267 g/mol. The van der Waals surface area contributed by atoms with Crippen LogP contribution < -0.4 is 9.64 Å². The molecule has 0 bridgehead atoms. The number of nitrogens with zero attached hydrogens (tertiary/aromatic N) is 1. The highest BCUT2D eigenvalue weighted by atomic mass is 16.6. The Kier molecular flexibility index (Phi) is 2.99. The van der Waals surface area contributed by atoms with Gasteiger partial charge in [0.25, 0.3) is 5.79 Å². The molecule has 2 aromatic carbocycles. The number of benzene rings is 2. The molecule has 3 rings (SSSR count). The molecule has 0 saturated heterocycles. The van der Waals surface area contributed by atoms with Gasteiger partial charge in [0, 0.05) is 30.9 Å². The van der Waals surface area contributed by atoms with E-state index in [0.717, 1.165) is 11.3 Å². The first-order chi connectivity index (χ1) is 9.58. The Labute approximate surface area is 118 Å². The molecule has 102 valence electrons. The van der Waals surface area contributed by atoms with Gasteiger partial charge >= 0.3 is 0 Å². The van der Waals surface area contributed by atoms with Gasteiger partial charge < -0.3 is 14.7 Å². The minimum atomic E-state index is -1.40. The molecule has 0 spiro atoms. The Hall–Kier alpha value is -2.26. The maximum atomic E-state index is 10.7. The van der Waals surface area contributed by atoms with Crippen molar-refractivity contribution in [3.8, 4) is 5.75 Å². The van der Waals surface area contributed by atoms with Crippen LogP contribution in [0.15, 0.2) is 54.6 Å². The lowest BCUT2D eigenvalue weighted by Gasteiger charge is -2.30. The normalized spacial score (nSPS) is 20.1. The summed E-state index contributed by atoms with van der Waals surface area (Å²) in [7, 11) is 3.97. The number of ether oxygens (including phenoxy) is 1. The molecule has 1 N–H and O–H groups in total. The van der Waals surface area contributed by atoms with Crippen LogP contribution in [0.25, 0.3) is 6.08 Å². The topological polar surface area (TPSA) is 32.7 Å². The zero-order valence-corrected chi connectivity index (χ0v) is 11.6. The van der Waals surface area contributed by atoms with E-state index >= 15 is 0 Å². The molecule has 3 heteroatoms. The van der Waals surface area contributed by atoms with Gasteiger partial charge in [-0.25, -0.2) is 0 Å². The van der Waals surface area contributed by atoms with Crippen molar-refractivity contribution in [3.63, 3.8) is 0 Å². The Bertz CT molecular complexity index is 646. The van der Waals surface area contributed by atoms with Crippen molar-refractivity contribution in [1.29, 1.82) is 0 Å². The van der Waals surface area contributed by atoms with E-state index in [-0.39, 0.29) is 0 Å². The molecule has 1 aliphatic rings. The summed E-state index contributed by atoms with van der Waals surface area (Å²) in [6.07, 6.45) is 3.57. The molecule has 0 fully saturated rings. The zero-order chi connectivity index (χ0) is 14.2. The van der Waals surface area contributed by atoms with E-state index in [0.29, 0.717) is 11.3 Å². The minimum absolute atomic E-state index is 0.689. The van der Waals surface area contributed by atoms with E-state index in [1.807, 2.05) is 73.6 Å². The molecule has 1 atom stereocenters. The Morgan fingerprint density at radius 1 is 1.00 bits per heavy atom. The summed E-state index contributed by atoms with van der Waals surface area (Å²) in [6.45, 7) is 0. The van der Waals surface area contributed by atoms with Crippen molar-refractivity contribution in [2.75, 3.05) is 19.0 Å². The van der Waals surface area contributed by atoms with E-state index in [2.05, 4.69) is 0 Å². The first-order valence-electron chi connectivity index (χ1n) is 6.56. The molecule has 0 aliphatic carbocycles. The van der Waals surface area contributed by atoms with Crippen molar-refractivity contribution in [2.24, 2.45) is 0 Å². The third kappa shape index (κ3) is 2.17. The largest absolute Gasteiger partial charge is 0.454 e. The monoisotopic (exact) mass is 267 g/mol. The first kappa shape index (κ1) is 12.8. The highest BCUT2D eigenvalue weighted by Gasteiger charge is 2.31. The molecular weight excluding hydrogens is 250 g/mol. The van der Waals surface area contributed by atoms with Crippen molar-refractivity contribution in [1.82, 2.24) is 0 Å². The summed E-state index contributed by atoms with van der Waals surface area (Å²) in [5, 5.41) is 10.7. The molecular formula is C17H17NO2. The quantitative estimate of drug-likeness (QED) is 0.908. The number of aliphatic hydroxyl groups is 1. The highest BCUT2D eigenvalue weighted by Crippen LogP contribution is 2.35. The molecule has 3 nitrogen and oxygen atoms in total. The van der Waals surface area contributed by atoms with E-state index < -0.39 is 5.79 Å². The molecule has 0 amide bonds. The zero-order valence-electron chi connectivity index (χ0n) is 11.6. The van der Waals surface area contributed by atoms with Crippen LogP contribution in [0.4, 0.5) is 5.69 Å². The van der Waals surface area contributed by atoms with E-state index in [9.17, 15) is 5.11 Å². The Morgan fingerprint density at radius 2 is 1.70 bits per heavy atom. The highest BCUT2D eigenvalue weighted by molar-refractivity contribution is 5.61. The fraction of sp³-hybridized carbons (Fsp3) is 0.176. The number of rotatable bonds is 2. The van der Waals surface area contributed by atoms with Gasteiger partial charge in [-0.3, -0.25) is 0 Å². The summed E-state index contributed by atoms with van der Waals surface area (Å²) in [4.78, 5) is 2.01. The number of anilines is 1. The third-order valence-corrected chi connectivity index (χ3v) is 3.47. The van der Waals surface area contributed by atoms with Crippen molar-refractivity contribution >= 4 is 11.8 Å². The van der Waals surface area contributed by atoms with Crippen LogP contribution in [0.1, 0.15) is 11.1 Å². The predicted octanol–water partition coefficient (Wildman–Crippen LogP) is 3.00. The number of hydrogen-bond acceptors (Lipinski definition) is 3. The van der Waals surface area contributed by atoms with Crippen LogP contribution in [0.2, 0.25) is 0 Å². The van der Waals surface area contributed by atoms with Gasteiger partial charge in [0.05, 0.1) is 0 Å². The van der Waals surface area contributed by atoms with E-state index in [1.165, 1.54) is 0 Å². The second-order valence-corrected chi connectivity index (χ2v) is 5.11. The van der Waals surface area contributed by atoms with Gasteiger partial charge in [0.15, 0.2) is 0 Å². The smallest absolute Gasteiger partial charge is 0.255 e. The lowest BCUT2D eigenvalue weighted by atomic mass is 10.0. The SMILES string of the molecule is CN(C)c1ccc(C2(O)C=Cc3ccccc3O2)cc1. The second kappa shape index (κ2) is 4.69. The average Bonchev–Trinajstić information content (AvgIpc) is 2.47. The fourth-order valence-electron chi connectivity index (χ4n) is 2.27. The summed E-state index contributed by atoms with van der Waals surface area (Å²) in [5.41, 5.74) is 2.77. The van der Waals surface area contributed by atoms with Gasteiger partial charge in [0.1, 0.15) is 5.75 Å². The molecule has 1 unspecified atom stereocenters. The summed E-state index contributed by atoms with van der Waals surface area (Å²) >= 11 is 0. The summed E-state index contributed by atoms with van der Waals surface area (Å²) < 4.78 is 5.76. The first-order valence-corrected chi connectivity index (χ1v) is 6.56. The maximum absolute atomic E-state index is 10.7. The van der Waals surface area contributed by atoms with Crippen molar-refractivity contribution in [2.45, 2.75) is 5.79 Å². The van der Waals surface area contributed by atoms with Crippen molar-refractivity contribution < 1.29 is 9.84 Å². The third-order valence-electron chi connectivity index (χ3n) is 3.47. The number of hydrogen-bond donors (Lipinski definition) is 1. The number of para-hydroxylation sites is 1. The van der Waals surface area contributed by atoms with Gasteiger partial charge in [0.2, 0.25) is 0 Å². The van der Waals surface area contributed by atoms with Crippen LogP contribution in [-0.4, -0.2) is 19.2 Å². The van der Waals surface area contributed by atoms with Gasteiger partial charge in [-0.05, 0) is 30.4 Å². The molecule has 1 aliphatic heterocycles. The molecule has 2 aromatic rings. The lowest BCUT2D eigenvalue weighted by molar-refractivity contribution is -0.103. The Morgan fingerprint density at radius 3 is 2.40 bits per heavy atom. The van der Waals surface area contributed by atoms with Crippen LogP contribution in [0, 0.1) is 0 Å². The maximum Gasteiger partial charge on any atom is 0.255 e. The molecule has 0 aromatic heterocycles. The summed E-state index contributed by atoms with van der Waals surface area (Å²) in [6, 6.07) is 15.4. The standard InChI is InChI=1S/C17H17NO2/c1-18(2)15-9-7-14(8-10-15)17(19)12-11-13-5-3-4-6-16(13)20-17/h3-12,19H,1-2H3. The minimum Gasteiger partial charge on any atom is -0.454 e. The van der Waals surface area contributed by atoms with Crippen LogP contribution >= 0.6 is 0 Å². The Balaban J connectivity index is 1.95. The van der Waals surface area contributed by atoms with Gasteiger partial charge in [-0.2, -0.15) is 0 Å². The van der Waals surface area contributed by atoms with Crippen LogP contribution in [0.3, 0.4) is 0 Å². The van der Waals surface area contributed by atoms with E-state index in [4.69, 9.17) is 4.74 Å². The molecule has 0 saturated carbocycles. The number of fused-ring (bicyclic) bond motifs is 1. The van der Waals surface area contributed by atoms with Crippen LogP contribution in [0.5, 0.6) is 5.75 Å². The lowest BCUT2D eigenvalue weighted by Crippen LogP contribution is -2.32. The molecule has 0 radical (unpaired) electrons. The molecule has 20 heavy (non-hydrogen) atoms. The predicted molar refractivity (Wildman–Crippen MR) is 80.8 cm³/mol.